The highest BCUT2D eigenvalue weighted by Gasteiger charge is 2.25. The molecule has 2 N–H and O–H groups in total. The van der Waals surface area contributed by atoms with E-state index in [1.54, 1.807) is 30.3 Å². The predicted molar refractivity (Wildman–Crippen MR) is 116 cm³/mol. The maximum Gasteiger partial charge on any atom is 0.315 e. The van der Waals surface area contributed by atoms with E-state index < -0.39 is 10.9 Å². The number of para-hydroxylation sites is 1. The zero-order chi connectivity index (χ0) is 22.1. The van der Waals surface area contributed by atoms with Gasteiger partial charge in [-0.15, -0.1) is 0 Å². The van der Waals surface area contributed by atoms with E-state index >= 15 is 0 Å². The van der Waals surface area contributed by atoms with Crippen LogP contribution in [0.25, 0.3) is 11.6 Å². The first kappa shape index (κ1) is 20.1. The number of anilines is 1. The van der Waals surface area contributed by atoms with E-state index in [2.05, 4.69) is 10.3 Å². The van der Waals surface area contributed by atoms with Gasteiger partial charge < -0.3 is 15.0 Å². The summed E-state index contributed by atoms with van der Waals surface area (Å²) >= 11 is 0. The van der Waals surface area contributed by atoms with Crippen molar-refractivity contribution in [3.05, 3.63) is 86.7 Å². The third kappa shape index (κ3) is 4.09. The van der Waals surface area contributed by atoms with E-state index in [0.29, 0.717) is 16.8 Å². The monoisotopic (exact) mass is 417 g/mol. The Balaban J connectivity index is 1.54. The number of nitro benzene ring substituents is 1. The molecule has 0 saturated carbocycles. The summed E-state index contributed by atoms with van der Waals surface area (Å²) in [7, 11) is 0. The number of aryl methyl sites for hydroxylation is 2. The maximum absolute atomic E-state index is 12.5. The van der Waals surface area contributed by atoms with Gasteiger partial charge in [-0.2, -0.15) is 0 Å². The highest BCUT2D eigenvalue weighted by molar-refractivity contribution is 6.35. The topological polar surface area (TPSA) is 114 Å². The Morgan fingerprint density at radius 3 is 2.65 bits per heavy atom. The molecule has 0 saturated heterocycles. The van der Waals surface area contributed by atoms with E-state index in [4.69, 9.17) is 4.74 Å². The highest BCUT2D eigenvalue weighted by Crippen LogP contribution is 2.36. The molecule has 31 heavy (non-hydrogen) atoms. The quantitative estimate of drug-likeness (QED) is 0.212. The molecule has 3 aromatic rings. The van der Waals surface area contributed by atoms with E-state index in [0.717, 1.165) is 17.0 Å². The number of nitrogens with one attached hydrogen (secondary N) is 2. The van der Waals surface area contributed by atoms with Gasteiger partial charge in [-0.3, -0.25) is 19.7 Å². The Labute approximate surface area is 177 Å². The number of carbonyl (C=O) groups is 2. The second kappa shape index (κ2) is 7.91. The standard InChI is InChI=1S/C23H19N3O5/c1-13-9-14(2)24-19(13)12-18-17-8-7-16(11-20(17)25-23(18)28)31-22(27)10-15-5-3-4-6-21(15)26(29)30/h3-9,11-12,24H,10H2,1-2H3,(H,25,28)/b18-12-. The van der Waals surface area contributed by atoms with Crippen molar-refractivity contribution in [1.82, 2.24) is 4.98 Å². The van der Waals surface area contributed by atoms with Crippen LogP contribution in [-0.2, 0) is 16.0 Å². The second-order valence-corrected chi connectivity index (χ2v) is 7.31. The number of esters is 1. The normalized spacial score (nSPS) is 13.7. The van der Waals surface area contributed by atoms with Crippen molar-refractivity contribution in [3.8, 4) is 5.75 Å². The summed E-state index contributed by atoms with van der Waals surface area (Å²) in [6.07, 6.45) is 1.56. The van der Waals surface area contributed by atoms with Gasteiger partial charge in [0.05, 0.1) is 22.6 Å². The van der Waals surface area contributed by atoms with Crippen molar-refractivity contribution in [1.29, 1.82) is 0 Å². The molecule has 0 radical (unpaired) electrons. The number of aromatic nitrogens is 1. The summed E-state index contributed by atoms with van der Waals surface area (Å²) in [6.45, 7) is 3.91. The number of H-pyrrole nitrogens is 1. The molecule has 0 bridgehead atoms. The molecule has 1 aromatic heterocycles. The number of nitrogens with zero attached hydrogens (tertiary/aromatic N) is 1. The lowest BCUT2D eigenvalue weighted by atomic mass is 10.0. The predicted octanol–water partition coefficient (Wildman–Crippen LogP) is 4.18. The summed E-state index contributed by atoms with van der Waals surface area (Å²) in [4.78, 5) is 38.6. The number of hydrogen-bond acceptors (Lipinski definition) is 5. The zero-order valence-corrected chi connectivity index (χ0v) is 16.9. The molecule has 4 rings (SSSR count). The molecule has 0 aliphatic carbocycles. The molecule has 1 amide bonds. The van der Waals surface area contributed by atoms with Gasteiger partial charge in [-0.1, -0.05) is 18.2 Å². The van der Waals surface area contributed by atoms with Crippen LogP contribution in [0.4, 0.5) is 11.4 Å². The van der Waals surface area contributed by atoms with E-state index in [-0.39, 0.29) is 29.3 Å². The molecule has 1 aliphatic heterocycles. The molecule has 0 fully saturated rings. The molecule has 156 valence electrons. The minimum Gasteiger partial charge on any atom is -0.426 e. The van der Waals surface area contributed by atoms with Crippen molar-refractivity contribution in [2.75, 3.05) is 5.32 Å². The van der Waals surface area contributed by atoms with Gasteiger partial charge in [0.25, 0.3) is 11.6 Å². The number of ether oxygens (including phenoxy) is 1. The fourth-order valence-corrected chi connectivity index (χ4v) is 3.59. The van der Waals surface area contributed by atoms with Crippen LogP contribution in [0.5, 0.6) is 5.75 Å². The number of fused-ring (bicyclic) bond motifs is 1. The number of aromatic amines is 1. The van der Waals surface area contributed by atoms with Crippen LogP contribution in [-0.4, -0.2) is 21.8 Å². The van der Waals surface area contributed by atoms with Crippen LogP contribution in [0.2, 0.25) is 0 Å². The van der Waals surface area contributed by atoms with Gasteiger partial charge in [-0.25, -0.2) is 0 Å². The van der Waals surface area contributed by atoms with E-state index in [1.165, 1.54) is 18.2 Å². The first-order chi connectivity index (χ1) is 14.8. The van der Waals surface area contributed by atoms with Gasteiger partial charge in [0, 0.05) is 34.6 Å². The molecular weight excluding hydrogens is 398 g/mol. The third-order valence-corrected chi connectivity index (χ3v) is 5.01. The first-order valence-electron chi connectivity index (χ1n) is 9.58. The Bertz CT molecular complexity index is 1260. The van der Waals surface area contributed by atoms with Crippen molar-refractivity contribution < 1.29 is 19.2 Å². The van der Waals surface area contributed by atoms with Crippen LogP contribution in [0.3, 0.4) is 0 Å². The summed E-state index contributed by atoms with van der Waals surface area (Å²) in [5.74, 6) is -0.632. The van der Waals surface area contributed by atoms with Crippen LogP contribution in [0, 0.1) is 24.0 Å². The van der Waals surface area contributed by atoms with Crippen molar-refractivity contribution in [2.24, 2.45) is 0 Å². The van der Waals surface area contributed by atoms with E-state index in [1.807, 2.05) is 19.9 Å². The van der Waals surface area contributed by atoms with Crippen LogP contribution < -0.4 is 10.1 Å². The Morgan fingerprint density at radius 2 is 1.94 bits per heavy atom. The van der Waals surface area contributed by atoms with Crippen molar-refractivity contribution in [3.63, 3.8) is 0 Å². The SMILES string of the molecule is Cc1cc(C)c(/C=C2\C(=O)Nc3cc(OC(=O)Cc4ccccc4[N+](=O)[O-])ccc32)[nH]1. The minimum absolute atomic E-state index is 0.134. The summed E-state index contributed by atoms with van der Waals surface area (Å²) in [5.41, 5.74) is 4.78. The fraction of sp³-hybridized carbons (Fsp3) is 0.130. The lowest BCUT2D eigenvalue weighted by molar-refractivity contribution is -0.385. The fourth-order valence-electron chi connectivity index (χ4n) is 3.59. The first-order valence-corrected chi connectivity index (χ1v) is 9.58. The maximum atomic E-state index is 12.5. The molecule has 1 aliphatic rings. The summed E-state index contributed by atoms with van der Waals surface area (Å²) in [6, 6.07) is 12.9. The second-order valence-electron chi connectivity index (χ2n) is 7.31. The van der Waals surface area contributed by atoms with Crippen LogP contribution in [0.1, 0.15) is 28.1 Å². The smallest absolute Gasteiger partial charge is 0.315 e. The number of carbonyl (C=O) groups excluding carboxylic acids is 2. The average Bonchev–Trinajstić information content (AvgIpc) is 3.19. The number of hydrogen-bond donors (Lipinski definition) is 2. The molecule has 2 aromatic carbocycles. The number of nitro groups is 1. The number of rotatable bonds is 5. The van der Waals surface area contributed by atoms with Gasteiger partial charge in [0.2, 0.25) is 0 Å². The molecule has 0 unspecified atom stereocenters. The summed E-state index contributed by atoms with van der Waals surface area (Å²) < 4.78 is 5.35. The van der Waals surface area contributed by atoms with Gasteiger partial charge in [-0.05, 0) is 43.7 Å². The van der Waals surface area contributed by atoms with Crippen molar-refractivity contribution in [2.45, 2.75) is 20.3 Å². The van der Waals surface area contributed by atoms with Crippen molar-refractivity contribution >= 4 is 34.9 Å². The third-order valence-electron chi connectivity index (χ3n) is 5.01. The Hall–Kier alpha value is -4.20. The lowest BCUT2D eigenvalue weighted by Gasteiger charge is -2.07. The van der Waals surface area contributed by atoms with Crippen LogP contribution >= 0.6 is 0 Å². The number of amides is 1. The molecular formula is C23H19N3O5. The van der Waals surface area contributed by atoms with Gasteiger partial charge >= 0.3 is 5.97 Å². The molecule has 0 spiro atoms. The number of benzene rings is 2. The summed E-state index contributed by atoms with van der Waals surface area (Å²) in [5, 5.41) is 13.9. The van der Waals surface area contributed by atoms with Gasteiger partial charge in [0.15, 0.2) is 0 Å². The zero-order valence-electron chi connectivity index (χ0n) is 16.9. The largest absolute Gasteiger partial charge is 0.426 e. The van der Waals surface area contributed by atoms with E-state index in [9.17, 15) is 19.7 Å². The highest BCUT2D eigenvalue weighted by atomic mass is 16.6. The molecule has 0 atom stereocenters. The Kier molecular flexibility index (Phi) is 5.12. The average molecular weight is 417 g/mol. The lowest BCUT2D eigenvalue weighted by Crippen LogP contribution is -2.12. The molecule has 8 nitrogen and oxygen atoms in total. The molecule has 8 heteroatoms. The Morgan fingerprint density at radius 1 is 1.16 bits per heavy atom. The minimum atomic E-state index is -0.633. The van der Waals surface area contributed by atoms with Gasteiger partial charge in [0.1, 0.15) is 5.75 Å². The molecule has 2 heterocycles. The van der Waals surface area contributed by atoms with Crippen LogP contribution in [0.15, 0.2) is 48.5 Å².